The van der Waals surface area contributed by atoms with Gasteiger partial charge in [-0.2, -0.15) is 5.10 Å². The highest BCUT2D eigenvalue weighted by molar-refractivity contribution is 14.1. The molecule has 0 saturated heterocycles. The summed E-state index contributed by atoms with van der Waals surface area (Å²) in [6.45, 7) is 4.29. The number of hydrogen-bond acceptors (Lipinski definition) is 7. The first-order valence-electron chi connectivity index (χ1n) is 12.0. The van der Waals surface area contributed by atoms with Gasteiger partial charge in [0.05, 0.1) is 11.4 Å². The molecule has 0 atom stereocenters. The summed E-state index contributed by atoms with van der Waals surface area (Å²) in [7, 11) is 0. The number of ether oxygens (including phenoxy) is 1. The molecule has 4 heterocycles. The van der Waals surface area contributed by atoms with Gasteiger partial charge in [-0.1, -0.05) is 0 Å². The largest absolute Gasteiger partial charge is 0.486 e. The zero-order valence-electron chi connectivity index (χ0n) is 21.2. The number of amides is 2. The predicted octanol–water partition coefficient (Wildman–Crippen LogP) is 6.55. The number of primary amides is 1. The monoisotopic (exact) mass is 677 g/mol. The number of carbonyl (C=O) groups is 2. The van der Waals surface area contributed by atoms with Crippen molar-refractivity contribution in [3.63, 3.8) is 0 Å². The average Bonchev–Trinajstić information content (AvgIpc) is 3.65. The summed E-state index contributed by atoms with van der Waals surface area (Å²) in [6, 6.07) is 11.8. The Balaban J connectivity index is 1.52. The molecule has 13 heteroatoms. The lowest BCUT2D eigenvalue weighted by Gasteiger charge is -2.10. The van der Waals surface area contributed by atoms with Gasteiger partial charge in [-0.25, -0.2) is 13.8 Å². The zero-order chi connectivity index (χ0) is 28.6. The molecule has 0 saturated carbocycles. The normalized spacial score (nSPS) is 11.3. The van der Waals surface area contributed by atoms with Gasteiger partial charge >= 0.3 is 0 Å². The Hall–Kier alpha value is -3.85. The molecule has 0 aliphatic rings. The molecule has 0 fully saturated rings. The Morgan fingerprint density at radius 3 is 2.60 bits per heavy atom. The number of carbonyl (C=O) groups excluding carboxylic acids is 2. The number of aromatic nitrogens is 3. The van der Waals surface area contributed by atoms with Crippen molar-refractivity contribution >= 4 is 61.6 Å². The average molecular weight is 677 g/mol. The van der Waals surface area contributed by atoms with Crippen LogP contribution >= 0.6 is 33.9 Å². The number of nitrogens with one attached hydrogen (secondary N) is 1. The molecule has 206 valence electrons. The lowest BCUT2D eigenvalue weighted by atomic mass is 10.0. The van der Waals surface area contributed by atoms with Gasteiger partial charge in [0.1, 0.15) is 33.5 Å². The number of hydrogen-bond donors (Lipinski definition) is 2. The molecule has 0 bridgehead atoms. The highest BCUT2D eigenvalue weighted by Gasteiger charge is 2.27. The molecule has 0 radical (unpaired) electrons. The fourth-order valence-electron chi connectivity index (χ4n) is 4.12. The second-order valence-electron chi connectivity index (χ2n) is 8.69. The summed E-state index contributed by atoms with van der Waals surface area (Å²) < 4.78 is 41.7. The molecule has 0 aliphatic heterocycles. The molecule has 0 unspecified atom stereocenters. The molecule has 9 nitrogen and oxygen atoms in total. The summed E-state index contributed by atoms with van der Waals surface area (Å²) in [5.74, 6) is -0.490. The Bertz CT molecular complexity index is 1730. The highest BCUT2D eigenvalue weighted by Crippen LogP contribution is 2.43. The topological polar surface area (TPSA) is 125 Å². The first-order valence-corrected chi connectivity index (χ1v) is 13.9. The summed E-state index contributed by atoms with van der Waals surface area (Å²) in [6.07, 6.45) is -1.14. The minimum Gasteiger partial charge on any atom is -0.486 e. The van der Waals surface area contributed by atoms with Gasteiger partial charge in [-0.05, 0) is 84.5 Å². The Kier molecular flexibility index (Phi) is 7.85. The lowest BCUT2D eigenvalue weighted by molar-refractivity contribution is 0.0992. The maximum Gasteiger partial charge on any atom is 0.291 e. The fourth-order valence-corrected chi connectivity index (χ4v) is 5.49. The second kappa shape index (κ2) is 11.3. The molecule has 0 aliphatic carbocycles. The molecule has 1 aromatic carbocycles. The lowest BCUT2D eigenvalue weighted by Crippen LogP contribution is -2.16. The highest BCUT2D eigenvalue weighted by atomic mass is 127. The molecule has 40 heavy (non-hydrogen) atoms. The van der Waals surface area contributed by atoms with Crippen LogP contribution in [0.3, 0.4) is 0 Å². The Morgan fingerprint density at radius 2 is 1.95 bits per heavy atom. The van der Waals surface area contributed by atoms with Crippen LogP contribution in [0, 0.1) is 10.5 Å². The molecular weight excluding hydrogens is 655 g/mol. The fraction of sp³-hybridized carbons (Fsp3) is 0.185. The van der Waals surface area contributed by atoms with Crippen molar-refractivity contribution in [1.82, 2.24) is 14.8 Å². The maximum absolute atomic E-state index is 13.8. The van der Waals surface area contributed by atoms with Crippen LogP contribution in [-0.2, 0) is 13.2 Å². The van der Waals surface area contributed by atoms with Gasteiger partial charge in [0, 0.05) is 27.3 Å². The smallest absolute Gasteiger partial charge is 0.291 e. The van der Waals surface area contributed by atoms with Gasteiger partial charge in [0.15, 0.2) is 5.76 Å². The molecular formula is C27H22F2IN5O4S. The number of benzene rings is 1. The van der Waals surface area contributed by atoms with E-state index in [4.69, 9.17) is 14.9 Å². The van der Waals surface area contributed by atoms with Crippen LogP contribution in [0.1, 0.15) is 50.7 Å². The number of alkyl halides is 2. The number of thiophene rings is 1. The van der Waals surface area contributed by atoms with Gasteiger partial charge in [-0.15, -0.1) is 11.3 Å². The summed E-state index contributed by atoms with van der Waals surface area (Å²) in [5, 5.41) is 7.43. The second-order valence-corrected chi connectivity index (χ2v) is 10.9. The van der Waals surface area contributed by atoms with E-state index in [0.717, 1.165) is 14.9 Å². The molecule has 5 rings (SSSR count). The van der Waals surface area contributed by atoms with Crippen molar-refractivity contribution in [2.45, 2.75) is 33.4 Å². The van der Waals surface area contributed by atoms with Crippen LogP contribution in [-0.4, -0.2) is 26.6 Å². The number of nitrogens with two attached hydrogens (primary N) is 1. The first kappa shape index (κ1) is 27.7. The van der Waals surface area contributed by atoms with Crippen LogP contribution in [0.2, 0.25) is 0 Å². The summed E-state index contributed by atoms with van der Waals surface area (Å²) in [5.41, 5.74) is 6.73. The van der Waals surface area contributed by atoms with E-state index in [1.165, 1.54) is 12.1 Å². The number of nitrogens with zero attached hydrogens (tertiary/aromatic N) is 3. The number of furan rings is 1. The van der Waals surface area contributed by atoms with E-state index in [-0.39, 0.29) is 27.8 Å². The number of rotatable bonds is 9. The Morgan fingerprint density at radius 1 is 1.20 bits per heavy atom. The number of anilines is 1. The van der Waals surface area contributed by atoms with E-state index >= 15 is 0 Å². The van der Waals surface area contributed by atoms with E-state index in [9.17, 15) is 18.4 Å². The van der Waals surface area contributed by atoms with Crippen molar-refractivity contribution in [3.8, 4) is 16.9 Å². The standard InChI is InChI=1S/C27H22F2IN5O4S/c1-3-35-11-18(13(2)34-35)17-10-19(24(28)29)32-27-21(17)22(23(40-27)25(31)36)33-26(37)20-9-8-16(39-20)12-38-15-6-4-14(30)5-7-15/h4-11,24H,3,12H2,1-2H3,(H2,31,36)(H,33,37). The van der Waals surface area contributed by atoms with Crippen molar-refractivity contribution < 1.29 is 27.5 Å². The van der Waals surface area contributed by atoms with Crippen LogP contribution in [0.4, 0.5) is 14.5 Å². The third-order valence-corrected chi connectivity index (χ3v) is 7.83. The van der Waals surface area contributed by atoms with Crippen LogP contribution in [0.15, 0.2) is 53.1 Å². The minimum atomic E-state index is -2.86. The molecule has 2 amide bonds. The van der Waals surface area contributed by atoms with E-state index in [1.54, 1.807) is 23.9 Å². The minimum absolute atomic E-state index is 0.0297. The van der Waals surface area contributed by atoms with Crippen LogP contribution < -0.4 is 15.8 Å². The van der Waals surface area contributed by atoms with Crippen LogP contribution in [0.25, 0.3) is 21.3 Å². The zero-order valence-corrected chi connectivity index (χ0v) is 24.2. The number of halogens is 3. The predicted molar refractivity (Wildman–Crippen MR) is 155 cm³/mol. The van der Waals surface area contributed by atoms with Gasteiger partial charge in [0.25, 0.3) is 18.2 Å². The van der Waals surface area contributed by atoms with Crippen molar-refractivity contribution in [3.05, 3.63) is 80.0 Å². The third-order valence-electron chi connectivity index (χ3n) is 6.01. The molecule has 3 N–H and O–H groups in total. The van der Waals surface area contributed by atoms with E-state index in [1.807, 2.05) is 31.2 Å². The van der Waals surface area contributed by atoms with Crippen molar-refractivity contribution in [1.29, 1.82) is 0 Å². The molecule has 0 spiro atoms. The number of pyridine rings is 1. The summed E-state index contributed by atoms with van der Waals surface area (Å²) >= 11 is 3.02. The SMILES string of the molecule is CCn1cc(-c2cc(C(F)F)nc3sc(C(N)=O)c(NC(=O)c4ccc(COc5ccc(I)cc5)o4)c23)c(C)n1. The van der Waals surface area contributed by atoms with E-state index in [2.05, 4.69) is 38.0 Å². The first-order chi connectivity index (χ1) is 19.1. The quantitative estimate of drug-likeness (QED) is 0.171. The van der Waals surface area contributed by atoms with Crippen molar-refractivity contribution in [2.75, 3.05) is 5.32 Å². The van der Waals surface area contributed by atoms with Crippen molar-refractivity contribution in [2.24, 2.45) is 5.73 Å². The van der Waals surface area contributed by atoms with Crippen LogP contribution in [0.5, 0.6) is 5.75 Å². The van der Waals surface area contributed by atoms with E-state index in [0.29, 0.717) is 40.3 Å². The van der Waals surface area contributed by atoms with Gasteiger partial charge in [0.2, 0.25) is 0 Å². The maximum atomic E-state index is 13.8. The summed E-state index contributed by atoms with van der Waals surface area (Å²) in [4.78, 5) is 29.8. The van der Waals surface area contributed by atoms with Gasteiger partial charge < -0.3 is 20.2 Å². The van der Waals surface area contributed by atoms with Gasteiger partial charge in [-0.3, -0.25) is 14.3 Å². The molecule has 5 aromatic rings. The molecule has 4 aromatic heterocycles. The van der Waals surface area contributed by atoms with E-state index < -0.39 is 23.9 Å². The Labute approximate surface area is 244 Å². The number of fused-ring (bicyclic) bond motifs is 1. The number of aryl methyl sites for hydroxylation is 2. The third kappa shape index (κ3) is 5.56.